The monoisotopic (exact) mass is 278 g/mol. The number of nitrogens with one attached hydrogen (secondary N) is 1. The van der Waals surface area contributed by atoms with Crippen LogP contribution in [0.4, 0.5) is 8.78 Å². The minimum absolute atomic E-state index is 0.153. The first-order valence-electron chi connectivity index (χ1n) is 6.12. The maximum atomic E-state index is 13.8. The Kier molecular flexibility index (Phi) is 4.32. The van der Waals surface area contributed by atoms with E-state index in [1.165, 1.54) is 31.4 Å². The first-order chi connectivity index (χ1) is 9.55. The van der Waals surface area contributed by atoms with E-state index in [2.05, 4.69) is 5.43 Å². The lowest BCUT2D eigenvalue weighted by Crippen LogP contribution is -2.29. The highest BCUT2D eigenvalue weighted by molar-refractivity contribution is 5.37. The van der Waals surface area contributed by atoms with Crippen molar-refractivity contribution >= 4 is 0 Å². The summed E-state index contributed by atoms with van der Waals surface area (Å²) >= 11 is 0. The quantitative estimate of drug-likeness (QED) is 0.668. The lowest BCUT2D eigenvalue weighted by atomic mass is 9.97. The van der Waals surface area contributed by atoms with Crippen molar-refractivity contribution in [2.45, 2.75) is 13.0 Å². The van der Waals surface area contributed by atoms with Crippen LogP contribution in [0.5, 0.6) is 5.75 Å². The van der Waals surface area contributed by atoms with Crippen LogP contribution in [0.15, 0.2) is 36.4 Å². The summed E-state index contributed by atoms with van der Waals surface area (Å²) < 4.78 is 32.1. The summed E-state index contributed by atoms with van der Waals surface area (Å²) in [6.07, 6.45) is 0. The Balaban J connectivity index is 2.44. The minimum Gasteiger partial charge on any atom is -0.494 e. The molecule has 5 heteroatoms. The normalized spacial score (nSPS) is 12.2. The number of halogens is 2. The number of ether oxygens (including phenoxy) is 1. The molecule has 0 fully saturated rings. The second-order valence-electron chi connectivity index (χ2n) is 4.56. The number of hydrogen-bond acceptors (Lipinski definition) is 3. The van der Waals surface area contributed by atoms with Crippen molar-refractivity contribution in [1.29, 1.82) is 0 Å². The van der Waals surface area contributed by atoms with Crippen LogP contribution in [-0.2, 0) is 0 Å². The van der Waals surface area contributed by atoms with Crippen molar-refractivity contribution < 1.29 is 13.5 Å². The molecule has 0 saturated carbocycles. The Morgan fingerprint density at radius 1 is 1.10 bits per heavy atom. The van der Waals surface area contributed by atoms with Gasteiger partial charge in [0.2, 0.25) is 0 Å². The molecule has 0 aliphatic carbocycles. The predicted molar refractivity (Wildman–Crippen MR) is 73.3 cm³/mol. The van der Waals surface area contributed by atoms with E-state index in [4.69, 9.17) is 10.6 Å². The highest BCUT2D eigenvalue weighted by atomic mass is 19.1. The SMILES string of the molecule is COc1ccc(C(NN)c2cc(C)cc(F)c2)cc1F. The summed E-state index contributed by atoms with van der Waals surface area (Å²) in [4.78, 5) is 0. The van der Waals surface area contributed by atoms with Gasteiger partial charge in [0.05, 0.1) is 13.2 Å². The fourth-order valence-electron chi connectivity index (χ4n) is 2.18. The molecule has 3 nitrogen and oxygen atoms in total. The summed E-state index contributed by atoms with van der Waals surface area (Å²) in [5.74, 6) is 4.84. The van der Waals surface area contributed by atoms with Gasteiger partial charge >= 0.3 is 0 Å². The summed E-state index contributed by atoms with van der Waals surface area (Å²) in [5, 5.41) is 0. The molecule has 1 atom stereocenters. The first-order valence-corrected chi connectivity index (χ1v) is 6.12. The van der Waals surface area contributed by atoms with E-state index in [0.717, 1.165) is 5.56 Å². The standard InChI is InChI=1S/C15H16F2N2O/c1-9-5-11(7-12(16)6-9)15(19-18)10-3-4-14(20-2)13(17)8-10/h3-8,15,19H,18H2,1-2H3. The van der Waals surface area contributed by atoms with Crippen molar-refractivity contribution in [2.75, 3.05) is 7.11 Å². The fraction of sp³-hybridized carbons (Fsp3) is 0.200. The first kappa shape index (κ1) is 14.4. The van der Waals surface area contributed by atoms with Crippen molar-refractivity contribution in [1.82, 2.24) is 5.43 Å². The van der Waals surface area contributed by atoms with Crippen LogP contribution in [-0.4, -0.2) is 7.11 Å². The van der Waals surface area contributed by atoms with Gasteiger partial charge in [0.15, 0.2) is 11.6 Å². The fourth-order valence-corrected chi connectivity index (χ4v) is 2.18. The third-order valence-electron chi connectivity index (χ3n) is 3.07. The number of nitrogens with two attached hydrogens (primary N) is 1. The number of benzene rings is 2. The largest absolute Gasteiger partial charge is 0.494 e. The molecule has 2 aromatic rings. The molecular weight excluding hydrogens is 262 g/mol. The highest BCUT2D eigenvalue weighted by Crippen LogP contribution is 2.27. The van der Waals surface area contributed by atoms with Crippen LogP contribution in [0.3, 0.4) is 0 Å². The Hall–Kier alpha value is -1.98. The second-order valence-corrected chi connectivity index (χ2v) is 4.56. The molecule has 20 heavy (non-hydrogen) atoms. The second kappa shape index (κ2) is 5.98. The van der Waals surface area contributed by atoms with Crippen LogP contribution in [0.25, 0.3) is 0 Å². The van der Waals surface area contributed by atoms with E-state index in [-0.39, 0.29) is 11.6 Å². The summed E-state index contributed by atoms with van der Waals surface area (Å²) in [5.41, 5.74) is 4.58. The zero-order valence-corrected chi connectivity index (χ0v) is 11.3. The highest BCUT2D eigenvalue weighted by Gasteiger charge is 2.16. The van der Waals surface area contributed by atoms with Crippen LogP contribution in [0, 0.1) is 18.6 Å². The molecule has 0 radical (unpaired) electrons. The predicted octanol–water partition coefficient (Wildman–Crippen LogP) is 2.83. The third kappa shape index (κ3) is 2.95. The van der Waals surface area contributed by atoms with E-state index < -0.39 is 11.9 Å². The van der Waals surface area contributed by atoms with Gasteiger partial charge in [0.1, 0.15) is 5.82 Å². The van der Waals surface area contributed by atoms with Gasteiger partial charge in [0.25, 0.3) is 0 Å². The van der Waals surface area contributed by atoms with E-state index in [9.17, 15) is 8.78 Å². The van der Waals surface area contributed by atoms with Crippen LogP contribution < -0.4 is 16.0 Å². The molecule has 0 bridgehead atoms. The Morgan fingerprint density at radius 3 is 2.40 bits per heavy atom. The molecule has 0 aliphatic rings. The molecule has 0 aromatic heterocycles. The molecule has 0 aliphatic heterocycles. The zero-order valence-electron chi connectivity index (χ0n) is 11.3. The number of rotatable bonds is 4. The molecule has 0 amide bonds. The van der Waals surface area contributed by atoms with Crippen molar-refractivity contribution in [3.05, 3.63) is 64.7 Å². The number of hydrogen-bond donors (Lipinski definition) is 2. The molecule has 0 heterocycles. The van der Waals surface area contributed by atoms with Gasteiger partial charge in [-0.1, -0.05) is 12.1 Å². The van der Waals surface area contributed by atoms with Gasteiger partial charge < -0.3 is 4.74 Å². The summed E-state index contributed by atoms with van der Waals surface area (Å²) in [6, 6.07) is 8.63. The molecule has 3 N–H and O–H groups in total. The number of hydrazine groups is 1. The summed E-state index contributed by atoms with van der Waals surface area (Å²) in [7, 11) is 1.40. The maximum Gasteiger partial charge on any atom is 0.165 e. The van der Waals surface area contributed by atoms with Crippen LogP contribution >= 0.6 is 0 Å². The molecule has 1 unspecified atom stereocenters. The average molecular weight is 278 g/mol. The van der Waals surface area contributed by atoms with Gasteiger partial charge in [-0.05, 0) is 47.9 Å². The smallest absolute Gasteiger partial charge is 0.165 e. The molecule has 0 spiro atoms. The molecule has 106 valence electrons. The van der Waals surface area contributed by atoms with Crippen molar-refractivity contribution in [3.8, 4) is 5.75 Å². The topological polar surface area (TPSA) is 47.3 Å². The zero-order chi connectivity index (χ0) is 14.7. The van der Waals surface area contributed by atoms with Gasteiger partial charge in [-0.15, -0.1) is 0 Å². The lowest BCUT2D eigenvalue weighted by molar-refractivity contribution is 0.385. The average Bonchev–Trinajstić information content (AvgIpc) is 2.38. The molecule has 2 rings (SSSR count). The number of aryl methyl sites for hydroxylation is 1. The molecular formula is C15H16F2N2O. The van der Waals surface area contributed by atoms with Crippen LogP contribution in [0.1, 0.15) is 22.7 Å². The van der Waals surface area contributed by atoms with Gasteiger partial charge in [-0.3, -0.25) is 5.84 Å². The van der Waals surface area contributed by atoms with E-state index in [1.807, 2.05) is 0 Å². The Labute approximate surface area is 116 Å². The molecule has 2 aromatic carbocycles. The van der Waals surface area contributed by atoms with E-state index in [0.29, 0.717) is 11.1 Å². The summed E-state index contributed by atoms with van der Waals surface area (Å²) in [6.45, 7) is 1.79. The number of methoxy groups -OCH3 is 1. The van der Waals surface area contributed by atoms with Crippen molar-refractivity contribution in [3.63, 3.8) is 0 Å². The van der Waals surface area contributed by atoms with Crippen LogP contribution in [0.2, 0.25) is 0 Å². The van der Waals surface area contributed by atoms with Gasteiger partial charge in [-0.2, -0.15) is 0 Å². The van der Waals surface area contributed by atoms with Gasteiger partial charge in [-0.25, -0.2) is 14.2 Å². The maximum absolute atomic E-state index is 13.8. The molecule has 0 saturated heterocycles. The lowest BCUT2D eigenvalue weighted by Gasteiger charge is -2.18. The van der Waals surface area contributed by atoms with E-state index in [1.54, 1.807) is 19.1 Å². The Morgan fingerprint density at radius 2 is 1.85 bits per heavy atom. The van der Waals surface area contributed by atoms with Crippen molar-refractivity contribution in [2.24, 2.45) is 5.84 Å². The third-order valence-corrected chi connectivity index (χ3v) is 3.07. The minimum atomic E-state index is -0.496. The van der Waals surface area contributed by atoms with E-state index >= 15 is 0 Å². The Bertz CT molecular complexity index is 597. The van der Waals surface area contributed by atoms with Gasteiger partial charge in [0, 0.05) is 0 Å².